The summed E-state index contributed by atoms with van der Waals surface area (Å²) >= 11 is 2.70. The van der Waals surface area contributed by atoms with Gasteiger partial charge in [-0.1, -0.05) is 6.07 Å². The lowest BCUT2D eigenvalue weighted by atomic mass is 10.1. The number of methoxy groups -OCH3 is 4. The molecule has 0 saturated heterocycles. The van der Waals surface area contributed by atoms with E-state index in [9.17, 15) is 9.59 Å². The maximum absolute atomic E-state index is 12.7. The normalized spacial score (nSPS) is 10.5. The van der Waals surface area contributed by atoms with Crippen LogP contribution in [0, 0.1) is 0 Å². The highest BCUT2D eigenvalue weighted by Crippen LogP contribution is 2.34. The zero-order valence-electron chi connectivity index (χ0n) is 21.8. The summed E-state index contributed by atoms with van der Waals surface area (Å²) in [6, 6.07) is 17.8. The van der Waals surface area contributed by atoms with Gasteiger partial charge in [0, 0.05) is 27.1 Å². The molecule has 0 fully saturated rings. The van der Waals surface area contributed by atoms with Gasteiger partial charge in [-0.25, -0.2) is 4.98 Å². The molecule has 0 bridgehead atoms. The van der Waals surface area contributed by atoms with Gasteiger partial charge in [0.15, 0.2) is 28.1 Å². The van der Waals surface area contributed by atoms with E-state index < -0.39 is 0 Å². The molecule has 39 heavy (non-hydrogen) atoms. The Kier molecular flexibility index (Phi) is 9.29. The van der Waals surface area contributed by atoms with Crippen molar-refractivity contribution in [2.24, 2.45) is 0 Å². The predicted molar refractivity (Wildman–Crippen MR) is 154 cm³/mol. The highest BCUT2D eigenvalue weighted by molar-refractivity contribution is 8.00. The Morgan fingerprint density at radius 1 is 0.821 bits per heavy atom. The molecule has 11 heteroatoms. The first-order chi connectivity index (χ1) is 18.9. The molecule has 0 aliphatic heterocycles. The van der Waals surface area contributed by atoms with Crippen LogP contribution in [0.5, 0.6) is 23.0 Å². The maximum Gasteiger partial charge on any atom is 0.255 e. The van der Waals surface area contributed by atoms with Gasteiger partial charge in [0.2, 0.25) is 5.91 Å². The second kappa shape index (κ2) is 13.0. The van der Waals surface area contributed by atoms with E-state index in [-0.39, 0.29) is 17.6 Å². The number of amides is 2. The Bertz CT molecular complexity index is 1470. The number of carbonyl (C=O) groups is 2. The molecule has 0 spiro atoms. The Hall–Kier alpha value is -4.22. The summed E-state index contributed by atoms with van der Waals surface area (Å²) in [5.74, 6) is 1.95. The van der Waals surface area contributed by atoms with Gasteiger partial charge in [-0.05, 0) is 54.6 Å². The number of aromatic nitrogens is 1. The van der Waals surface area contributed by atoms with Crippen molar-refractivity contribution in [1.82, 2.24) is 4.98 Å². The van der Waals surface area contributed by atoms with Crippen LogP contribution >= 0.6 is 23.1 Å². The first-order valence-corrected chi connectivity index (χ1v) is 13.5. The molecule has 0 aliphatic carbocycles. The molecule has 1 aromatic heterocycles. The number of rotatable bonds is 11. The monoisotopic (exact) mass is 565 g/mol. The van der Waals surface area contributed by atoms with Crippen molar-refractivity contribution >= 4 is 45.7 Å². The van der Waals surface area contributed by atoms with Gasteiger partial charge in [0.25, 0.3) is 5.91 Å². The van der Waals surface area contributed by atoms with Crippen molar-refractivity contribution in [2.75, 3.05) is 44.8 Å². The van der Waals surface area contributed by atoms with Gasteiger partial charge in [0.1, 0.15) is 0 Å². The number of ether oxygens (including phenoxy) is 4. The van der Waals surface area contributed by atoms with Gasteiger partial charge in [-0.3, -0.25) is 9.59 Å². The third-order valence-corrected chi connectivity index (χ3v) is 7.29. The SMILES string of the molecule is COc1ccc(C(=O)Nc2cccc(SCC(=O)Nc3nc(-c4ccc(OC)c(OC)c4)cs3)c2)cc1OC. The van der Waals surface area contributed by atoms with Crippen molar-refractivity contribution in [2.45, 2.75) is 4.90 Å². The van der Waals surface area contributed by atoms with Crippen molar-refractivity contribution in [3.63, 3.8) is 0 Å². The van der Waals surface area contributed by atoms with Crippen LogP contribution in [0.1, 0.15) is 10.4 Å². The second-order valence-corrected chi connectivity index (χ2v) is 9.90. The largest absolute Gasteiger partial charge is 0.493 e. The minimum absolute atomic E-state index is 0.179. The van der Waals surface area contributed by atoms with Crippen LogP contribution in [0.15, 0.2) is 70.9 Å². The molecule has 2 N–H and O–H groups in total. The summed E-state index contributed by atoms with van der Waals surface area (Å²) in [6.07, 6.45) is 0. The Morgan fingerprint density at radius 3 is 2.23 bits per heavy atom. The van der Waals surface area contributed by atoms with Gasteiger partial charge in [-0.15, -0.1) is 23.1 Å². The number of carbonyl (C=O) groups excluding carboxylic acids is 2. The molecule has 4 aromatic rings. The molecule has 3 aromatic carbocycles. The molecule has 202 valence electrons. The van der Waals surface area contributed by atoms with Crippen LogP contribution in [0.3, 0.4) is 0 Å². The highest BCUT2D eigenvalue weighted by Gasteiger charge is 2.13. The van der Waals surface area contributed by atoms with E-state index in [0.29, 0.717) is 39.4 Å². The fourth-order valence-electron chi connectivity index (χ4n) is 3.61. The Morgan fingerprint density at radius 2 is 1.51 bits per heavy atom. The van der Waals surface area contributed by atoms with E-state index in [2.05, 4.69) is 15.6 Å². The number of benzene rings is 3. The minimum atomic E-state index is -0.287. The maximum atomic E-state index is 12.7. The van der Waals surface area contributed by atoms with Crippen molar-refractivity contribution in [1.29, 1.82) is 0 Å². The Balaban J connectivity index is 1.33. The van der Waals surface area contributed by atoms with Gasteiger partial charge >= 0.3 is 0 Å². The fraction of sp³-hybridized carbons (Fsp3) is 0.179. The van der Waals surface area contributed by atoms with Crippen LogP contribution in [0.2, 0.25) is 0 Å². The number of hydrogen-bond acceptors (Lipinski definition) is 9. The molecule has 4 rings (SSSR count). The molecular weight excluding hydrogens is 538 g/mol. The minimum Gasteiger partial charge on any atom is -0.493 e. The van der Waals surface area contributed by atoms with E-state index in [1.165, 1.54) is 37.3 Å². The standard InChI is InChI=1S/C28H27N3O6S2/c1-34-22-10-8-17(12-24(22)36-3)21-15-39-28(30-21)31-26(32)16-38-20-7-5-6-19(14-20)29-27(33)18-9-11-23(35-2)25(13-18)37-4/h5-15H,16H2,1-4H3,(H,29,33)(H,30,31,32). The van der Waals surface area contributed by atoms with E-state index in [1.807, 2.05) is 41.8 Å². The quantitative estimate of drug-likeness (QED) is 0.219. The third-order valence-electron chi connectivity index (χ3n) is 5.54. The summed E-state index contributed by atoms with van der Waals surface area (Å²) in [6.45, 7) is 0. The summed E-state index contributed by atoms with van der Waals surface area (Å²) in [4.78, 5) is 30.7. The first-order valence-electron chi connectivity index (χ1n) is 11.7. The third kappa shape index (κ3) is 7.01. The molecular formula is C28H27N3O6S2. The summed E-state index contributed by atoms with van der Waals surface area (Å²) < 4.78 is 21.1. The Labute approximate surface area is 234 Å². The van der Waals surface area contributed by atoms with E-state index in [1.54, 1.807) is 38.5 Å². The number of nitrogens with one attached hydrogen (secondary N) is 2. The predicted octanol–water partition coefficient (Wildman–Crippen LogP) is 5.83. The average Bonchev–Trinajstić information content (AvgIpc) is 3.43. The molecule has 0 radical (unpaired) electrons. The first kappa shape index (κ1) is 27.8. The van der Waals surface area contributed by atoms with E-state index in [0.717, 1.165) is 16.2 Å². The number of nitrogens with zero attached hydrogens (tertiary/aromatic N) is 1. The van der Waals surface area contributed by atoms with E-state index >= 15 is 0 Å². The van der Waals surface area contributed by atoms with Crippen LogP contribution in [0.25, 0.3) is 11.3 Å². The topological polar surface area (TPSA) is 108 Å². The number of hydrogen-bond donors (Lipinski definition) is 2. The summed E-state index contributed by atoms with van der Waals surface area (Å²) in [5, 5.41) is 8.09. The molecule has 0 aliphatic rings. The smallest absolute Gasteiger partial charge is 0.255 e. The molecule has 0 atom stereocenters. The van der Waals surface area contributed by atoms with Crippen LogP contribution < -0.4 is 29.6 Å². The zero-order valence-corrected chi connectivity index (χ0v) is 23.4. The van der Waals surface area contributed by atoms with Gasteiger partial charge in [-0.2, -0.15) is 0 Å². The lowest BCUT2D eigenvalue weighted by Gasteiger charge is -2.10. The fourth-order valence-corrected chi connectivity index (χ4v) is 5.10. The van der Waals surface area contributed by atoms with Gasteiger partial charge in [0.05, 0.1) is 39.9 Å². The summed E-state index contributed by atoms with van der Waals surface area (Å²) in [5.41, 5.74) is 2.62. The molecule has 0 saturated carbocycles. The molecule has 1 heterocycles. The number of thioether (sulfide) groups is 1. The molecule has 0 unspecified atom stereocenters. The zero-order chi connectivity index (χ0) is 27.8. The van der Waals surface area contributed by atoms with Crippen molar-refractivity contribution in [3.8, 4) is 34.3 Å². The number of anilines is 2. The van der Waals surface area contributed by atoms with Crippen molar-refractivity contribution in [3.05, 3.63) is 71.6 Å². The lowest BCUT2D eigenvalue weighted by Crippen LogP contribution is -2.14. The molecule has 2 amide bonds. The second-order valence-electron chi connectivity index (χ2n) is 8.00. The number of thiazole rings is 1. The van der Waals surface area contributed by atoms with Crippen LogP contribution in [0.4, 0.5) is 10.8 Å². The molecule has 9 nitrogen and oxygen atoms in total. The summed E-state index contributed by atoms with van der Waals surface area (Å²) in [7, 11) is 6.21. The van der Waals surface area contributed by atoms with E-state index in [4.69, 9.17) is 18.9 Å². The van der Waals surface area contributed by atoms with Crippen molar-refractivity contribution < 1.29 is 28.5 Å². The van der Waals surface area contributed by atoms with Crippen LogP contribution in [-0.2, 0) is 4.79 Å². The average molecular weight is 566 g/mol. The van der Waals surface area contributed by atoms with Gasteiger partial charge < -0.3 is 29.6 Å². The highest BCUT2D eigenvalue weighted by atomic mass is 32.2. The van der Waals surface area contributed by atoms with Crippen LogP contribution in [-0.4, -0.2) is 51.0 Å². The lowest BCUT2D eigenvalue weighted by molar-refractivity contribution is -0.113.